The van der Waals surface area contributed by atoms with Gasteiger partial charge in [-0.2, -0.15) is 5.10 Å². The van der Waals surface area contributed by atoms with Crippen molar-refractivity contribution in [2.45, 2.75) is 6.54 Å². The molecule has 0 aliphatic rings. The molecular formula is C11H9N3O5. The summed E-state index contributed by atoms with van der Waals surface area (Å²) in [6.07, 6.45) is 2.18. The first kappa shape index (κ1) is 12.6. The molecule has 8 nitrogen and oxygen atoms in total. The number of phenolic OH excluding ortho intramolecular Hbond substituents is 2. The van der Waals surface area contributed by atoms with Crippen LogP contribution in [-0.4, -0.2) is 30.7 Å². The largest absolute Gasteiger partial charge is 0.504 e. The number of phenols is 2. The van der Waals surface area contributed by atoms with Crippen LogP contribution in [-0.2, 0) is 6.54 Å². The molecule has 0 aliphatic heterocycles. The predicted molar refractivity (Wildman–Crippen MR) is 63.0 cm³/mol. The molecule has 0 amide bonds. The Bertz CT molecular complexity index is 650. The standard InChI is InChI=1S/C11H9N3O5/c15-9-2-1-7(3-10(9)16)11(17)6-13-5-8(4-12-13)14(18)19/h1-5,15-16H,6H2. The summed E-state index contributed by atoms with van der Waals surface area (Å²) in [4.78, 5) is 21.7. The summed E-state index contributed by atoms with van der Waals surface area (Å²) in [6, 6.07) is 3.65. The Morgan fingerprint density at radius 3 is 2.68 bits per heavy atom. The zero-order valence-electron chi connectivity index (χ0n) is 9.55. The molecule has 1 aromatic carbocycles. The number of hydrogen-bond donors (Lipinski definition) is 2. The zero-order valence-corrected chi connectivity index (χ0v) is 9.55. The van der Waals surface area contributed by atoms with E-state index in [2.05, 4.69) is 5.10 Å². The number of aromatic hydroxyl groups is 2. The molecule has 0 aliphatic carbocycles. The summed E-state index contributed by atoms with van der Waals surface area (Å²) in [7, 11) is 0. The monoisotopic (exact) mass is 263 g/mol. The highest BCUT2D eigenvalue weighted by atomic mass is 16.6. The van der Waals surface area contributed by atoms with Crippen LogP contribution < -0.4 is 0 Å². The molecule has 0 saturated heterocycles. The van der Waals surface area contributed by atoms with E-state index in [1.54, 1.807) is 0 Å². The van der Waals surface area contributed by atoms with Crippen molar-refractivity contribution in [3.05, 3.63) is 46.3 Å². The number of carbonyl (C=O) groups excluding carboxylic acids is 1. The number of rotatable bonds is 4. The SMILES string of the molecule is O=C(Cn1cc([N+](=O)[O-])cn1)c1ccc(O)c(O)c1. The second kappa shape index (κ2) is 4.77. The van der Waals surface area contributed by atoms with Crippen LogP contribution in [0, 0.1) is 10.1 Å². The molecule has 1 aromatic heterocycles. The highest BCUT2D eigenvalue weighted by molar-refractivity contribution is 5.96. The summed E-state index contributed by atoms with van der Waals surface area (Å²) in [5, 5.41) is 32.5. The lowest BCUT2D eigenvalue weighted by atomic mass is 10.1. The molecule has 19 heavy (non-hydrogen) atoms. The van der Waals surface area contributed by atoms with E-state index < -0.39 is 16.5 Å². The number of Topliss-reactive ketones (excluding diaryl/α,β-unsaturated/α-hetero) is 1. The van der Waals surface area contributed by atoms with Crippen LogP contribution in [0.1, 0.15) is 10.4 Å². The number of ketones is 1. The van der Waals surface area contributed by atoms with Crippen LogP contribution in [0.5, 0.6) is 11.5 Å². The smallest absolute Gasteiger partial charge is 0.307 e. The van der Waals surface area contributed by atoms with Gasteiger partial charge >= 0.3 is 5.69 Å². The molecule has 0 atom stereocenters. The van der Waals surface area contributed by atoms with Crippen molar-refractivity contribution in [1.82, 2.24) is 9.78 Å². The van der Waals surface area contributed by atoms with E-state index in [0.717, 1.165) is 23.1 Å². The van der Waals surface area contributed by atoms with Gasteiger partial charge in [0.05, 0.1) is 4.92 Å². The Morgan fingerprint density at radius 1 is 1.37 bits per heavy atom. The first-order valence-electron chi connectivity index (χ1n) is 5.19. The lowest BCUT2D eigenvalue weighted by molar-refractivity contribution is -0.385. The number of benzene rings is 1. The number of hydrogen-bond acceptors (Lipinski definition) is 6. The van der Waals surface area contributed by atoms with Crippen LogP contribution in [0.4, 0.5) is 5.69 Å². The quantitative estimate of drug-likeness (QED) is 0.369. The van der Waals surface area contributed by atoms with E-state index in [0.29, 0.717) is 0 Å². The second-order valence-corrected chi connectivity index (χ2v) is 3.78. The summed E-state index contributed by atoms with van der Waals surface area (Å²) < 4.78 is 1.13. The molecule has 98 valence electrons. The van der Waals surface area contributed by atoms with E-state index >= 15 is 0 Å². The van der Waals surface area contributed by atoms with Gasteiger partial charge in [0.1, 0.15) is 18.9 Å². The highest BCUT2D eigenvalue weighted by Gasteiger charge is 2.13. The Morgan fingerprint density at radius 2 is 2.11 bits per heavy atom. The van der Waals surface area contributed by atoms with Crippen molar-refractivity contribution in [3.8, 4) is 11.5 Å². The highest BCUT2D eigenvalue weighted by Crippen LogP contribution is 2.25. The fourth-order valence-corrected chi connectivity index (χ4v) is 1.47. The van der Waals surface area contributed by atoms with Gasteiger partial charge in [-0.05, 0) is 18.2 Å². The molecule has 0 radical (unpaired) electrons. The van der Waals surface area contributed by atoms with E-state index in [-0.39, 0.29) is 23.5 Å². The minimum Gasteiger partial charge on any atom is -0.504 e. The third-order valence-corrected chi connectivity index (χ3v) is 2.43. The van der Waals surface area contributed by atoms with Crippen LogP contribution in [0.3, 0.4) is 0 Å². The molecule has 0 saturated carbocycles. The van der Waals surface area contributed by atoms with Crippen molar-refractivity contribution in [1.29, 1.82) is 0 Å². The van der Waals surface area contributed by atoms with Crippen molar-refractivity contribution < 1.29 is 19.9 Å². The van der Waals surface area contributed by atoms with Gasteiger partial charge in [-0.25, -0.2) is 0 Å². The Balaban J connectivity index is 2.15. The van der Waals surface area contributed by atoms with E-state index in [1.807, 2.05) is 0 Å². The van der Waals surface area contributed by atoms with Gasteiger partial charge in [0, 0.05) is 5.56 Å². The maximum atomic E-state index is 11.8. The lowest BCUT2D eigenvalue weighted by Crippen LogP contribution is -2.10. The fourth-order valence-electron chi connectivity index (χ4n) is 1.47. The third-order valence-electron chi connectivity index (χ3n) is 2.43. The number of aromatic nitrogens is 2. The Hall–Kier alpha value is -2.90. The lowest BCUT2D eigenvalue weighted by Gasteiger charge is -2.03. The third kappa shape index (κ3) is 2.68. The Labute approximate surface area is 106 Å². The van der Waals surface area contributed by atoms with Gasteiger partial charge in [-0.15, -0.1) is 0 Å². The Kier molecular flexibility index (Phi) is 3.15. The fraction of sp³-hybridized carbons (Fsp3) is 0.0909. The molecule has 2 rings (SSSR count). The molecule has 2 N–H and O–H groups in total. The average Bonchev–Trinajstić information content (AvgIpc) is 2.81. The molecular weight excluding hydrogens is 254 g/mol. The predicted octanol–water partition coefficient (Wildman–Crippen LogP) is 1.09. The molecule has 2 aromatic rings. The molecule has 0 fully saturated rings. The maximum absolute atomic E-state index is 11.8. The van der Waals surface area contributed by atoms with Crippen molar-refractivity contribution in [2.75, 3.05) is 0 Å². The zero-order chi connectivity index (χ0) is 14.0. The van der Waals surface area contributed by atoms with Crippen molar-refractivity contribution in [2.24, 2.45) is 0 Å². The van der Waals surface area contributed by atoms with Crippen LogP contribution in [0.15, 0.2) is 30.6 Å². The topological polar surface area (TPSA) is 118 Å². The van der Waals surface area contributed by atoms with Gasteiger partial charge in [-0.1, -0.05) is 0 Å². The molecule has 0 bridgehead atoms. The molecule has 1 heterocycles. The first-order valence-corrected chi connectivity index (χ1v) is 5.19. The maximum Gasteiger partial charge on any atom is 0.307 e. The van der Waals surface area contributed by atoms with Gasteiger partial charge in [0.15, 0.2) is 17.3 Å². The summed E-state index contributed by atoms with van der Waals surface area (Å²) in [5.74, 6) is -1.13. The van der Waals surface area contributed by atoms with Crippen molar-refractivity contribution in [3.63, 3.8) is 0 Å². The van der Waals surface area contributed by atoms with Gasteiger partial charge in [0.25, 0.3) is 0 Å². The van der Waals surface area contributed by atoms with E-state index in [1.165, 1.54) is 12.1 Å². The summed E-state index contributed by atoms with van der Waals surface area (Å²) in [6.45, 7) is -0.196. The number of nitrogens with zero attached hydrogens (tertiary/aromatic N) is 3. The number of nitro groups is 1. The molecule has 8 heteroatoms. The van der Waals surface area contributed by atoms with Gasteiger partial charge < -0.3 is 10.2 Å². The minimum absolute atomic E-state index is 0.174. The van der Waals surface area contributed by atoms with Crippen LogP contribution in [0.25, 0.3) is 0 Å². The van der Waals surface area contributed by atoms with E-state index in [4.69, 9.17) is 5.11 Å². The average molecular weight is 263 g/mol. The van der Waals surface area contributed by atoms with Crippen molar-refractivity contribution >= 4 is 11.5 Å². The normalized spacial score (nSPS) is 10.3. The summed E-state index contributed by atoms with van der Waals surface area (Å²) in [5.41, 5.74) is -0.0326. The second-order valence-electron chi connectivity index (χ2n) is 3.78. The van der Waals surface area contributed by atoms with Crippen LogP contribution in [0.2, 0.25) is 0 Å². The van der Waals surface area contributed by atoms with Gasteiger partial charge in [0.2, 0.25) is 0 Å². The minimum atomic E-state index is -0.611. The van der Waals surface area contributed by atoms with Gasteiger partial charge in [-0.3, -0.25) is 19.6 Å². The molecule has 0 unspecified atom stereocenters. The first-order chi connectivity index (χ1) is 8.97. The van der Waals surface area contributed by atoms with Crippen LogP contribution >= 0.6 is 0 Å². The number of carbonyl (C=O) groups is 1. The summed E-state index contributed by atoms with van der Waals surface area (Å²) >= 11 is 0. The van der Waals surface area contributed by atoms with E-state index in [9.17, 15) is 20.0 Å². The molecule has 0 spiro atoms.